The van der Waals surface area contributed by atoms with Crippen molar-refractivity contribution >= 4 is 11.3 Å². The summed E-state index contributed by atoms with van der Waals surface area (Å²) in [4.78, 5) is 6.30. The van der Waals surface area contributed by atoms with Crippen LogP contribution in [0.25, 0.3) is 0 Å². The topological polar surface area (TPSA) is 39.9 Å². The fourth-order valence-corrected chi connectivity index (χ4v) is 5.16. The van der Waals surface area contributed by atoms with Crippen LogP contribution in [0.2, 0.25) is 0 Å². The van der Waals surface area contributed by atoms with Crippen molar-refractivity contribution in [3.05, 3.63) is 46.5 Å². The van der Waals surface area contributed by atoms with Gasteiger partial charge in [-0.15, -0.1) is 11.3 Å². The van der Waals surface area contributed by atoms with Gasteiger partial charge in [0, 0.05) is 24.0 Å². The highest BCUT2D eigenvalue weighted by Crippen LogP contribution is 2.34. The van der Waals surface area contributed by atoms with E-state index < -0.39 is 0 Å². The average Bonchev–Trinajstić information content (AvgIpc) is 3.36. The number of thiophene rings is 1. The van der Waals surface area contributed by atoms with Crippen molar-refractivity contribution in [2.45, 2.75) is 44.4 Å². The lowest BCUT2D eigenvalue weighted by Crippen LogP contribution is -2.47. The van der Waals surface area contributed by atoms with Crippen LogP contribution in [0, 0.1) is 5.92 Å². The van der Waals surface area contributed by atoms with Gasteiger partial charge in [0.25, 0.3) is 0 Å². The Morgan fingerprint density at radius 1 is 1.08 bits per heavy atom. The van der Waals surface area contributed by atoms with Crippen LogP contribution in [0.1, 0.15) is 42.4 Å². The Bertz CT molecular complexity index is 612. The summed E-state index contributed by atoms with van der Waals surface area (Å²) in [7, 11) is 0. The molecule has 0 aliphatic carbocycles. The van der Waals surface area contributed by atoms with Crippen LogP contribution < -0.4 is 0 Å². The number of aliphatic hydroxyl groups is 1. The first-order chi connectivity index (χ1) is 12.3. The summed E-state index contributed by atoms with van der Waals surface area (Å²) >= 11 is 1.68. The molecule has 2 aromatic heterocycles. The summed E-state index contributed by atoms with van der Waals surface area (Å²) in [6.45, 7) is 5.52. The highest BCUT2D eigenvalue weighted by molar-refractivity contribution is 7.10. The Balaban J connectivity index is 1.22. The van der Waals surface area contributed by atoms with Crippen LogP contribution in [0.15, 0.2) is 40.3 Å². The third kappa shape index (κ3) is 4.17. The van der Waals surface area contributed by atoms with Gasteiger partial charge in [0.2, 0.25) is 0 Å². The maximum atomic E-state index is 10.6. The quantitative estimate of drug-likeness (QED) is 0.881. The lowest BCUT2D eigenvalue weighted by Gasteiger charge is -2.42. The number of hydrogen-bond donors (Lipinski definition) is 1. The number of furan rings is 1. The third-order valence-electron chi connectivity index (χ3n) is 5.89. The maximum absolute atomic E-state index is 10.6. The van der Waals surface area contributed by atoms with Crippen molar-refractivity contribution in [3.63, 3.8) is 0 Å². The van der Waals surface area contributed by atoms with Crippen molar-refractivity contribution < 1.29 is 9.52 Å². The smallest absolute Gasteiger partial charge is 0.117 e. The third-order valence-corrected chi connectivity index (χ3v) is 6.83. The molecular formula is C20H28N2O2S. The molecule has 2 aliphatic heterocycles. The van der Waals surface area contributed by atoms with Crippen LogP contribution in [0.3, 0.4) is 0 Å². The molecular weight excluding hydrogens is 332 g/mol. The van der Waals surface area contributed by atoms with Crippen molar-refractivity contribution in [1.82, 2.24) is 9.80 Å². The first kappa shape index (κ1) is 17.3. The van der Waals surface area contributed by atoms with E-state index in [0.29, 0.717) is 12.0 Å². The fourth-order valence-electron chi connectivity index (χ4n) is 4.36. The molecule has 25 heavy (non-hydrogen) atoms. The van der Waals surface area contributed by atoms with Crippen LogP contribution in [0.5, 0.6) is 0 Å². The summed E-state index contributed by atoms with van der Waals surface area (Å²) in [5.41, 5.74) is 0. The Kier molecular flexibility index (Phi) is 5.56. The van der Waals surface area contributed by atoms with Crippen LogP contribution >= 0.6 is 11.3 Å². The lowest BCUT2D eigenvalue weighted by atomic mass is 9.88. The molecule has 4 heterocycles. The number of piperidine rings is 2. The molecule has 1 N–H and O–H groups in total. The normalized spacial score (nSPS) is 23.1. The van der Waals surface area contributed by atoms with E-state index in [1.807, 2.05) is 12.1 Å². The summed E-state index contributed by atoms with van der Waals surface area (Å²) in [5.74, 6) is 1.50. The van der Waals surface area contributed by atoms with E-state index >= 15 is 0 Å². The number of hydrogen-bond acceptors (Lipinski definition) is 5. The van der Waals surface area contributed by atoms with Gasteiger partial charge >= 0.3 is 0 Å². The van der Waals surface area contributed by atoms with E-state index in [0.717, 1.165) is 56.2 Å². The maximum Gasteiger partial charge on any atom is 0.117 e. The zero-order valence-electron chi connectivity index (χ0n) is 14.7. The van der Waals surface area contributed by atoms with Crippen molar-refractivity contribution in [1.29, 1.82) is 0 Å². The minimum absolute atomic E-state index is 0.266. The molecule has 136 valence electrons. The molecule has 5 heteroatoms. The highest BCUT2D eigenvalue weighted by atomic mass is 32.1. The molecule has 0 bridgehead atoms. The summed E-state index contributed by atoms with van der Waals surface area (Å²) in [6, 6.07) is 8.85. The zero-order chi connectivity index (χ0) is 17.1. The minimum atomic E-state index is -0.266. The van der Waals surface area contributed by atoms with Crippen LogP contribution in [-0.2, 0) is 6.54 Å². The first-order valence-electron chi connectivity index (χ1n) is 9.50. The number of likely N-dealkylation sites (tertiary alicyclic amines) is 2. The van der Waals surface area contributed by atoms with E-state index in [2.05, 4.69) is 27.3 Å². The zero-order valence-corrected chi connectivity index (χ0v) is 15.5. The van der Waals surface area contributed by atoms with Gasteiger partial charge in [0.05, 0.1) is 18.9 Å². The van der Waals surface area contributed by atoms with Gasteiger partial charge in [0.1, 0.15) is 5.76 Å². The second-order valence-corrected chi connectivity index (χ2v) is 8.40. The molecule has 4 rings (SSSR count). The molecule has 1 unspecified atom stereocenters. The number of aliphatic hydroxyl groups excluding tert-OH is 1. The number of rotatable bonds is 5. The molecule has 2 aromatic rings. The van der Waals surface area contributed by atoms with Crippen LogP contribution in [-0.4, -0.2) is 47.1 Å². The summed E-state index contributed by atoms with van der Waals surface area (Å²) in [6.07, 6.45) is 6.23. The molecule has 2 aliphatic rings. The molecule has 2 fully saturated rings. The molecule has 0 amide bonds. The molecule has 2 saturated heterocycles. The van der Waals surface area contributed by atoms with Gasteiger partial charge in [-0.2, -0.15) is 0 Å². The molecule has 0 aromatic carbocycles. The van der Waals surface area contributed by atoms with Gasteiger partial charge < -0.3 is 14.4 Å². The largest absolute Gasteiger partial charge is 0.468 e. The molecule has 0 radical (unpaired) electrons. The standard InChI is InChI=1S/C20H28N2O2S/c23-20(19-4-2-14-25-19)16-5-11-22(12-6-16)17-7-9-21(10-8-17)15-18-3-1-13-24-18/h1-4,13-14,16-17,20,23H,5-12,15H2. The summed E-state index contributed by atoms with van der Waals surface area (Å²) in [5, 5.41) is 12.6. The molecule has 0 saturated carbocycles. The first-order valence-corrected chi connectivity index (χ1v) is 10.4. The van der Waals surface area contributed by atoms with Crippen molar-refractivity contribution in [2.75, 3.05) is 26.2 Å². The Labute approximate surface area is 154 Å². The second-order valence-electron chi connectivity index (χ2n) is 7.42. The van der Waals surface area contributed by atoms with E-state index in [1.54, 1.807) is 17.6 Å². The van der Waals surface area contributed by atoms with E-state index in [1.165, 1.54) is 12.8 Å². The molecule has 1 atom stereocenters. The predicted molar refractivity (Wildman–Crippen MR) is 101 cm³/mol. The average molecular weight is 361 g/mol. The van der Waals surface area contributed by atoms with Gasteiger partial charge in [0.15, 0.2) is 0 Å². The lowest BCUT2D eigenvalue weighted by molar-refractivity contribution is 0.0295. The van der Waals surface area contributed by atoms with Crippen LogP contribution in [0.4, 0.5) is 0 Å². The van der Waals surface area contributed by atoms with Gasteiger partial charge in [-0.25, -0.2) is 0 Å². The monoisotopic (exact) mass is 360 g/mol. The van der Waals surface area contributed by atoms with Gasteiger partial charge in [-0.1, -0.05) is 6.07 Å². The Morgan fingerprint density at radius 2 is 1.88 bits per heavy atom. The van der Waals surface area contributed by atoms with Crippen molar-refractivity contribution in [3.8, 4) is 0 Å². The van der Waals surface area contributed by atoms with E-state index in [-0.39, 0.29) is 6.10 Å². The van der Waals surface area contributed by atoms with Gasteiger partial charge in [-0.05, 0) is 68.3 Å². The van der Waals surface area contributed by atoms with Gasteiger partial charge in [-0.3, -0.25) is 4.90 Å². The molecule has 0 spiro atoms. The molecule has 4 nitrogen and oxygen atoms in total. The fraction of sp³-hybridized carbons (Fsp3) is 0.600. The van der Waals surface area contributed by atoms with E-state index in [4.69, 9.17) is 4.42 Å². The predicted octanol–water partition coefficient (Wildman–Crippen LogP) is 3.75. The van der Waals surface area contributed by atoms with Crippen molar-refractivity contribution in [2.24, 2.45) is 5.92 Å². The minimum Gasteiger partial charge on any atom is -0.468 e. The highest BCUT2D eigenvalue weighted by Gasteiger charge is 2.31. The SMILES string of the molecule is OC(c1cccs1)C1CCN(C2CCN(Cc3ccco3)CC2)CC1. The second kappa shape index (κ2) is 8.04. The Hall–Kier alpha value is -1.14. The number of nitrogens with zero attached hydrogens (tertiary/aromatic N) is 2. The van der Waals surface area contributed by atoms with E-state index in [9.17, 15) is 5.11 Å². The summed E-state index contributed by atoms with van der Waals surface area (Å²) < 4.78 is 5.47. The Morgan fingerprint density at radius 3 is 2.52 bits per heavy atom.